The molecule has 5 N–H and O–H groups in total. The minimum absolute atomic E-state index is 0.0653. The van der Waals surface area contributed by atoms with Gasteiger partial charge in [-0.3, -0.25) is 9.89 Å². The molecule has 2 saturated heterocycles. The number of aromatic nitrogens is 5. The van der Waals surface area contributed by atoms with Crippen LogP contribution in [0.4, 0.5) is 17.3 Å². The zero-order valence-electron chi connectivity index (χ0n) is 20.1. The van der Waals surface area contributed by atoms with E-state index in [0.717, 1.165) is 62.7 Å². The van der Waals surface area contributed by atoms with E-state index in [1.807, 2.05) is 12.3 Å². The Morgan fingerprint density at radius 2 is 2.00 bits per heavy atom. The molecule has 3 aliphatic heterocycles. The number of H-pyrrole nitrogens is 1. The first-order valence-electron chi connectivity index (χ1n) is 12.3. The lowest BCUT2D eigenvalue weighted by molar-refractivity contribution is 0.0974. The van der Waals surface area contributed by atoms with E-state index >= 15 is 0 Å². The molecular formula is C24H31N9O2. The SMILES string of the molecule is C[C@@H]1OCC2(CCN(c3cnc4c(N5CC[C@H](C)c6nc(C(N)=O)ccc65)n[nH]c4n3)CC2)[C@@H]1N. The standard InChI is InChI=1S/C24H31N9O2/c1-13-5-8-33(16-4-3-15(21(26)34)28-18(13)16)23-19-22(30-31-23)29-17(11-27-19)32-9-6-24(7-10-32)12-35-14(2)20(24)25/h3-4,11,13-14,20H,5-10,12,25H2,1-2H3,(H2,26,34)(H,29,30,31)/t13-,14-,20+/m0/s1. The number of rotatable bonds is 3. The molecule has 2 fully saturated rings. The lowest BCUT2D eigenvalue weighted by Crippen LogP contribution is -2.50. The molecule has 3 aromatic rings. The highest BCUT2D eigenvalue weighted by atomic mass is 16.5. The van der Waals surface area contributed by atoms with Gasteiger partial charge in [-0.15, -0.1) is 0 Å². The average molecular weight is 478 g/mol. The highest BCUT2D eigenvalue weighted by Gasteiger charge is 2.47. The van der Waals surface area contributed by atoms with E-state index in [2.05, 4.69) is 38.8 Å². The Morgan fingerprint density at radius 1 is 1.20 bits per heavy atom. The number of pyridine rings is 1. The maximum absolute atomic E-state index is 11.6. The van der Waals surface area contributed by atoms with Crippen LogP contribution in [0, 0.1) is 5.41 Å². The smallest absolute Gasteiger partial charge is 0.267 e. The van der Waals surface area contributed by atoms with Gasteiger partial charge in [-0.05, 0) is 38.3 Å². The number of hydrogen-bond acceptors (Lipinski definition) is 9. The maximum atomic E-state index is 11.6. The molecule has 0 saturated carbocycles. The minimum atomic E-state index is -0.527. The highest BCUT2D eigenvalue weighted by molar-refractivity contribution is 5.92. The maximum Gasteiger partial charge on any atom is 0.267 e. The number of piperidine rings is 1. The molecule has 1 spiro atoms. The van der Waals surface area contributed by atoms with Crippen LogP contribution in [0.25, 0.3) is 11.2 Å². The normalized spacial score (nSPS) is 25.9. The molecule has 0 bridgehead atoms. The summed E-state index contributed by atoms with van der Waals surface area (Å²) in [5.74, 6) is 1.23. The molecule has 1 amide bonds. The number of nitrogens with two attached hydrogens (primary N) is 2. The summed E-state index contributed by atoms with van der Waals surface area (Å²) >= 11 is 0. The summed E-state index contributed by atoms with van der Waals surface area (Å²) in [6.45, 7) is 7.42. The van der Waals surface area contributed by atoms with Crippen LogP contribution in [0.5, 0.6) is 0 Å². The molecule has 184 valence electrons. The number of aromatic amines is 1. The Hall–Kier alpha value is -3.31. The summed E-state index contributed by atoms with van der Waals surface area (Å²) in [6, 6.07) is 3.63. The molecule has 0 unspecified atom stereocenters. The molecule has 0 aromatic carbocycles. The van der Waals surface area contributed by atoms with Crippen LogP contribution in [0.1, 0.15) is 55.2 Å². The number of fused-ring (bicyclic) bond motifs is 2. The molecule has 35 heavy (non-hydrogen) atoms. The zero-order valence-corrected chi connectivity index (χ0v) is 20.1. The Labute approximate surface area is 203 Å². The van der Waals surface area contributed by atoms with Gasteiger partial charge in [-0.1, -0.05) is 6.92 Å². The fourth-order valence-corrected chi connectivity index (χ4v) is 5.77. The van der Waals surface area contributed by atoms with Crippen molar-refractivity contribution < 1.29 is 9.53 Å². The molecule has 11 nitrogen and oxygen atoms in total. The summed E-state index contributed by atoms with van der Waals surface area (Å²) in [4.78, 5) is 30.1. The van der Waals surface area contributed by atoms with Gasteiger partial charge in [0.15, 0.2) is 17.0 Å². The van der Waals surface area contributed by atoms with Crippen molar-refractivity contribution in [3.63, 3.8) is 0 Å². The third-order valence-electron chi connectivity index (χ3n) is 8.12. The third-order valence-corrected chi connectivity index (χ3v) is 8.12. The van der Waals surface area contributed by atoms with Crippen molar-refractivity contribution in [1.82, 2.24) is 25.1 Å². The topological polar surface area (TPSA) is 152 Å². The van der Waals surface area contributed by atoms with Gasteiger partial charge < -0.3 is 26.0 Å². The fourth-order valence-electron chi connectivity index (χ4n) is 5.77. The van der Waals surface area contributed by atoms with Crippen LogP contribution in [0.2, 0.25) is 0 Å². The summed E-state index contributed by atoms with van der Waals surface area (Å²) in [7, 11) is 0. The number of carbonyl (C=O) groups is 1. The van der Waals surface area contributed by atoms with E-state index < -0.39 is 5.91 Å². The number of nitrogens with one attached hydrogen (secondary N) is 1. The van der Waals surface area contributed by atoms with Crippen LogP contribution in [-0.2, 0) is 4.74 Å². The Balaban J connectivity index is 1.26. The largest absolute Gasteiger partial charge is 0.376 e. The number of amides is 1. The van der Waals surface area contributed by atoms with Crippen LogP contribution in [-0.4, -0.2) is 69.4 Å². The zero-order chi connectivity index (χ0) is 24.3. The van der Waals surface area contributed by atoms with Crippen LogP contribution >= 0.6 is 0 Å². The van der Waals surface area contributed by atoms with Gasteiger partial charge in [0.1, 0.15) is 11.5 Å². The molecule has 0 radical (unpaired) electrons. The number of ether oxygens (including phenoxy) is 1. The highest BCUT2D eigenvalue weighted by Crippen LogP contribution is 2.42. The first-order chi connectivity index (χ1) is 16.9. The van der Waals surface area contributed by atoms with Crippen molar-refractivity contribution in [3.05, 3.63) is 29.7 Å². The summed E-state index contributed by atoms with van der Waals surface area (Å²) in [5.41, 5.74) is 15.4. The molecule has 6 rings (SSSR count). The van der Waals surface area contributed by atoms with Crippen molar-refractivity contribution >= 4 is 34.4 Å². The average Bonchev–Trinajstić information content (AvgIpc) is 3.41. The predicted octanol–water partition coefficient (Wildman–Crippen LogP) is 1.82. The molecule has 3 atom stereocenters. The van der Waals surface area contributed by atoms with Gasteiger partial charge in [-0.25, -0.2) is 15.0 Å². The number of carbonyl (C=O) groups excluding carboxylic acids is 1. The van der Waals surface area contributed by atoms with Crippen LogP contribution in [0.15, 0.2) is 18.3 Å². The quantitative estimate of drug-likeness (QED) is 0.513. The monoisotopic (exact) mass is 477 g/mol. The van der Waals surface area contributed by atoms with Crippen molar-refractivity contribution in [3.8, 4) is 0 Å². The van der Waals surface area contributed by atoms with Crippen molar-refractivity contribution in [2.75, 3.05) is 36.0 Å². The first kappa shape index (κ1) is 22.2. The van der Waals surface area contributed by atoms with Gasteiger partial charge >= 0.3 is 0 Å². The summed E-state index contributed by atoms with van der Waals surface area (Å²) in [6.07, 6.45) is 4.78. The van der Waals surface area contributed by atoms with E-state index in [1.165, 1.54) is 0 Å². The van der Waals surface area contributed by atoms with E-state index in [9.17, 15) is 4.79 Å². The fraction of sp³-hybridized carbons (Fsp3) is 0.542. The number of nitrogens with zero attached hydrogens (tertiary/aromatic N) is 6. The van der Waals surface area contributed by atoms with E-state index in [0.29, 0.717) is 17.0 Å². The summed E-state index contributed by atoms with van der Waals surface area (Å²) in [5, 5.41) is 7.64. The van der Waals surface area contributed by atoms with Gasteiger partial charge in [0.2, 0.25) is 0 Å². The van der Waals surface area contributed by atoms with Crippen molar-refractivity contribution in [1.29, 1.82) is 0 Å². The van der Waals surface area contributed by atoms with Gasteiger partial charge in [0, 0.05) is 37.0 Å². The molecule has 11 heteroatoms. The predicted molar refractivity (Wildman–Crippen MR) is 132 cm³/mol. The van der Waals surface area contributed by atoms with Crippen molar-refractivity contribution in [2.45, 2.75) is 51.2 Å². The third kappa shape index (κ3) is 3.52. The molecular weight excluding hydrogens is 446 g/mol. The van der Waals surface area contributed by atoms with Gasteiger partial charge in [0.05, 0.1) is 30.3 Å². The van der Waals surface area contributed by atoms with Gasteiger partial charge in [0.25, 0.3) is 5.91 Å². The Kier molecular flexibility index (Phi) is 5.15. The molecule has 0 aliphatic carbocycles. The molecule has 3 aromatic heterocycles. The lowest BCUT2D eigenvalue weighted by atomic mass is 9.73. The number of hydrogen-bond donors (Lipinski definition) is 3. The Bertz CT molecular complexity index is 1280. The second-order valence-corrected chi connectivity index (χ2v) is 10.2. The first-order valence-corrected chi connectivity index (χ1v) is 12.3. The second kappa shape index (κ2) is 8.13. The second-order valence-electron chi connectivity index (χ2n) is 10.2. The molecule has 3 aliphatic rings. The van der Waals surface area contributed by atoms with E-state index in [4.69, 9.17) is 26.2 Å². The van der Waals surface area contributed by atoms with E-state index in [1.54, 1.807) is 6.07 Å². The number of anilines is 3. The lowest BCUT2D eigenvalue weighted by Gasteiger charge is -2.41. The number of primary amides is 1. The van der Waals surface area contributed by atoms with Crippen LogP contribution < -0.4 is 21.3 Å². The minimum Gasteiger partial charge on any atom is -0.376 e. The van der Waals surface area contributed by atoms with Gasteiger partial charge in [-0.2, -0.15) is 5.10 Å². The van der Waals surface area contributed by atoms with Crippen molar-refractivity contribution in [2.24, 2.45) is 16.9 Å². The van der Waals surface area contributed by atoms with Crippen LogP contribution in [0.3, 0.4) is 0 Å². The summed E-state index contributed by atoms with van der Waals surface area (Å²) < 4.78 is 5.85. The Morgan fingerprint density at radius 3 is 2.71 bits per heavy atom. The van der Waals surface area contributed by atoms with E-state index in [-0.39, 0.29) is 29.2 Å². The molecule has 6 heterocycles.